The van der Waals surface area contributed by atoms with Crippen LogP contribution in [0.2, 0.25) is 0 Å². The van der Waals surface area contributed by atoms with Gasteiger partial charge in [-0.3, -0.25) is 14.4 Å². The van der Waals surface area contributed by atoms with Crippen LogP contribution in [0.25, 0.3) is 0 Å². The molecule has 0 heterocycles. The lowest BCUT2D eigenvalue weighted by Crippen LogP contribution is -2.71. The third-order valence-corrected chi connectivity index (χ3v) is 5.94. The first-order chi connectivity index (χ1) is 13.9. The summed E-state index contributed by atoms with van der Waals surface area (Å²) in [4.78, 5) is 37.8. The predicted molar refractivity (Wildman–Crippen MR) is 103 cm³/mol. The number of aliphatic hydroxyl groups excluding tert-OH is 4. The summed E-state index contributed by atoms with van der Waals surface area (Å²) in [6, 6.07) is -1.65. The Labute approximate surface area is 170 Å². The summed E-state index contributed by atoms with van der Waals surface area (Å²) >= 11 is 0. The lowest BCUT2D eigenvalue weighted by Gasteiger charge is -2.50. The summed E-state index contributed by atoms with van der Waals surface area (Å²) in [5.74, 6) is -9.03. The molecule has 10 nitrogen and oxygen atoms in total. The maximum Gasteiger partial charge on any atom is 0.255 e. The second-order valence-corrected chi connectivity index (χ2v) is 7.55. The van der Waals surface area contributed by atoms with Gasteiger partial charge >= 0.3 is 0 Å². The third-order valence-electron chi connectivity index (χ3n) is 5.94. The second kappa shape index (κ2) is 6.94. The molecule has 0 unspecified atom stereocenters. The SMILES string of the molecule is C=C/C=C1/C[C@@H]2C(=C(O)/C1=C(/C)O)C(=O)[C@]1(O)C(=O)C(C(N)=O)=C(O)[C@@H](N)[C@@H]1[C@H]2O. The molecule has 3 aliphatic rings. The molecule has 1 fully saturated rings. The van der Waals surface area contributed by atoms with Crippen molar-refractivity contribution in [1.29, 1.82) is 0 Å². The standard InChI is InChI=1S/C20H22N2O8/c1-3-4-7-5-8-10(15(25)9(7)6(2)23)17(27)20(30)12(14(8)24)13(21)16(26)11(18(20)28)19(22)29/h3-4,8,12-14,23-26,30H,1,5,21H2,2H3,(H2,22,29)/b7-4-,9-6-/t8-,12-,13+,14+,20+/m1/s1. The van der Waals surface area contributed by atoms with Crippen molar-refractivity contribution in [3.63, 3.8) is 0 Å². The predicted octanol–water partition coefficient (Wildman–Crippen LogP) is -0.739. The quantitative estimate of drug-likeness (QED) is 0.171. The van der Waals surface area contributed by atoms with E-state index in [0.29, 0.717) is 5.57 Å². The van der Waals surface area contributed by atoms with Crippen molar-refractivity contribution in [2.45, 2.75) is 31.1 Å². The summed E-state index contributed by atoms with van der Waals surface area (Å²) in [6.45, 7) is 4.81. The normalized spacial score (nSPS) is 37.1. The number of aliphatic hydroxyl groups is 5. The molecule has 0 aromatic heterocycles. The van der Waals surface area contributed by atoms with E-state index in [9.17, 15) is 39.9 Å². The van der Waals surface area contributed by atoms with Gasteiger partial charge in [0.1, 0.15) is 22.9 Å². The third kappa shape index (κ3) is 2.58. The number of ketones is 2. The molecule has 0 aromatic rings. The zero-order valence-corrected chi connectivity index (χ0v) is 16.0. The molecule has 9 N–H and O–H groups in total. The van der Waals surface area contributed by atoms with Crippen LogP contribution in [0.5, 0.6) is 0 Å². The summed E-state index contributed by atoms with van der Waals surface area (Å²) in [5.41, 5.74) is 6.67. The number of fused-ring (bicyclic) bond motifs is 2. The van der Waals surface area contributed by atoms with E-state index < -0.39 is 69.7 Å². The Bertz CT molecular complexity index is 1010. The first kappa shape index (κ1) is 21.5. The van der Waals surface area contributed by atoms with Gasteiger partial charge in [-0.25, -0.2) is 0 Å². The van der Waals surface area contributed by atoms with Gasteiger partial charge in [-0.05, 0) is 18.9 Å². The van der Waals surface area contributed by atoms with Crippen molar-refractivity contribution in [1.82, 2.24) is 0 Å². The fraction of sp³-hybridized carbons (Fsp3) is 0.350. The monoisotopic (exact) mass is 418 g/mol. The molecule has 1 saturated carbocycles. The molecule has 0 saturated heterocycles. The molecule has 30 heavy (non-hydrogen) atoms. The summed E-state index contributed by atoms with van der Waals surface area (Å²) in [5, 5.41) is 53.1. The Morgan fingerprint density at radius 3 is 2.37 bits per heavy atom. The Balaban J connectivity index is 2.33. The molecular formula is C20H22N2O8. The zero-order valence-electron chi connectivity index (χ0n) is 16.0. The van der Waals surface area contributed by atoms with E-state index in [2.05, 4.69) is 6.58 Å². The highest BCUT2D eigenvalue weighted by Gasteiger charge is 2.67. The number of carbonyl (C=O) groups excluding carboxylic acids is 3. The van der Waals surface area contributed by atoms with Gasteiger partial charge in [0, 0.05) is 11.5 Å². The number of amides is 1. The first-order valence-electron chi connectivity index (χ1n) is 9.05. The second-order valence-electron chi connectivity index (χ2n) is 7.55. The fourth-order valence-corrected chi connectivity index (χ4v) is 4.63. The van der Waals surface area contributed by atoms with E-state index in [1.54, 1.807) is 0 Å². The molecule has 160 valence electrons. The lowest BCUT2D eigenvalue weighted by atomic mass is 9.55. The first-order valence-corrected chi connectivity index (χ1v) is 9.05. The highest BCUT2D eigenvalue weighted by molar-refractivity contribution is 6.32. The van der Waals surface area contributed by atoms with Gasteiger partial charge in [0.25, 0.3) is 5.91 Å². The van der Waals surface area contributed by atoms with Gasteiger partial charge < -0.3 is 37.0 Å². The van der Waals surface area contributed by atoms with Crippen molar-refractivity contribution < 1.29 is 39.9 Å². The average Bonchev–Trinajstić information content (AvgIpc) is 2.64. The number of primary amides is 1. The minimum Gasteiger partial charge on any atom is -0.512 e. The summed E-state index contributed by atoms with van der Waals surface area (Å²) in [6.07, 6.45) is 1.11. The number of hydrogen-bond donors (Lipinski definition) is 7. The number of hydrogen-bond acceptors (Lipinski definition) is 9. The number of rotatable bonds is 2. The van der Waals surface area contributed by atoms with Gasteiger partial charge in [-0.1, -0.05) is 18.7 Å². The summed E-state index contributed by atoms with van der Waals surface area (Å²) < 4.78 is 0. The Morgan fingerprint density at radius 1 is 1.27 bits per heavy atom. The number of allylic oxidation sites excluding steroid dienone is 4. The Kier molecular flexibility index (Phi) is 4.97. The van der Waals surface area contributed by atoms with Gasteiger partial charge in [0.05, 0.1) is 23.6 Å². The molecule has 3 rings (SSSR count). The van der Waals surface area contributed by atoms with E-state index in [1.165, 1.54) is 19.1 Å². The lowest BCUT2D eigenvalue weighted by molar-refractivity contribution is -0.170. The number of nitrogens with two attached hydrogens (primary N) is 2. The molecular weight excluding hydrogens is 396 g/mol. The molecule has 1 amide bonds. The topological polar surface area (TPSA) is 204 Å². The summed E-state index contributed by atoms with van der Waals surface area (Å²) in [7, 11) is 0. The van der Waals surface area contributed by atoms with Crippen molar-refractivity contribution in [3.8, 4) is 0 Å². The van der Waals surface area contributed by atoms with E-state index in [4.69, 9.17) is 11.5 Å². The van der Waals surface area contributed by atoms with E-state index in [-0.39, 0.29) is 17.8 Å². The van der Waals surface area contributed by atoms with Crippen molar-refractivity contribution in [2.75, 3.05) is 0 Å². The fourth-order valence-electron chi connectivity index (χ4n) is 4.63. The Morgan fingerprint density at radius 2 is 1.87 bits per heavy atom. The van der Waals surface area contributed by atoms with Crippen LogP contribution < -0.4 is 11.5 Å². The van der Waals surface area contributed by atoms with Crippen LogP contribution in [0, 0.1) is 11.8 Å². The van der Waals surface area contributed by atoms with Crippen LogP contribution in [-0.2, 0) is 14.4 Å². The van der Waals surface area contributed by atoms with Crippen LogP contribution >= 0.6 is 0 Å². The van der Waals surface area contributed by atoms with Crippen molar-refractivity contribution >= 4 is 17.5 Å². The highest BCUT2D eigenvalue weighted by Crippen LogP contribution is 2.51. The number of Topliss-reactive ketones (excluding diaryl/α,β-unsaturated/α-hetero) is 2. The highest BCUT2D eigenvalue weighted by atomic mass is 16.3. The molecule has 10 heteroatoms. The molecule has 0 aliphatic heterocycles. The van der Waals surface area contributed by atoms with Gasteiger partial charge in [0.2, 0.25) is 11.6 Å². The maximum atomic E-state index is 13.3. The maximum absolute atomic E-state index is 13.3. The molecule has 0 bridgehead atoms. The zero-order chi connectivity index (χ0) is 22.7. The van der Waals surface area contributed by atoms with Gasteiger partial charge in [-0.15, -0.1) is 0 Å². The van der Waals surface area contributed by atoms with Crippen LogP contribution in [0.15, 0.2) is 58.3 Å². The van der Waals surface area contributed by atoms with Crippen LogP contribution in [0.3, 0.4) is 0 Å². The molecule has 5 atom stereocenters. The minimum atomic E-state index is -3.04. The van der Waals surface area contributed by atoms with Crippen LogP contribution in [0.1, 0.15) is 13.3 Å². The van der Waals surface area contributed by atoms with Gasteiger partial charge in [-0.2, -0.15) is 0 Å². The van der Waals surface area contributed by atoms with Crippen molar-refractivity contribution in [2.24, 2.45) is 23.3 Å². The smallest absolute Gasteiger partial charge is 0.255 e. The molecule has 0 spiro atoms. The van der Waals surface area contributed by atoms with Crippen LogP contribution in [0.4, 0.5) is 0 Å². The molecule has 3 aliphatic carbocycles. The Hall–Kier alpha value is -3.21. The van der Waals surface area contributed by atoms with E-state index in [1.807, 2.05) is 0 Å². The van der Waals surface area contributed by atoms with E-state index >= 15 is 0 Å². The minimum absolute atomic E-state index is 0.0633. The van der Waals surface area contributed by atoms with Crippen LogP contribution in [-0.4, -0.2) is 60.8 Å². The van der Waals surface area contributed by atoms with E-state index in [0.717, 1.165) is 0 Å². The van der Waals surface area contributed by atoms with Crippen molar-refractivity contribution in [3.05, 3.63) is 58.3 Å². The average molecular weight is 418 g/mol. The molecule has 0 aromatic carbocycles. The van der Waals surface area contributed by atoms with Gasteiger partial charge in [0.15, 0.2) is 5.60 Å². The number of carbonyl (C=O) groups is 3. The largest absolute Gasteiger partial charge is 0.512 e. The molecule has 0 radical (unpaired) electrons.